The summed E-state index contributed by atoms with van der Waals surface area (Å²) in [5.74, 6) is -0.0111. The number of benzene rings is 2. The van der Waals surface area contributed by atoms with Crippen LogP contribution in [0.3, 0.4) is 0 Å². The third-order valence-electron chi connectivity index (χ3n) is 4.31. The van der Waals surface area contributed by atoms with Gasteiger partial charge in [0.2, 0.25) is 5.91 Å². The zero-order valence-electron chi connectivity index (χ0n) is 16.1. The number of aromatic amines is 1. The van der Waals surface area contributed by atoms with Gasteiger partial charge in [-0.05, 0) is 42.8 Å². The number of fused-ring (bicyclic) bond motifs is 1. The highest BCUT2D eigenvalue weighted by molar-refractivity contribution is 6.31. The van der Waals surface area contributed by atoms with E-state index in [9.17, 15) is 9.59 Å². The third kappa shape index (κ3) is 4.97. The molecule has 6 nitrogen and oxygen atoms in total. The zero-order valence-corrected chi connectivity index (χ0v) is 16.9. The molecule has 150 valence electrons. The number of carbonyl (C=O) groups is 2. The molecule has 3 rings (SSSR count). The van der Waals surface area contributed by atoms with Gasteiger partial charge < -0.3 is 19.8 Å². The highest BCUT2D eigenvalue weighted by atomic mass is 35.5. The summed E-state index contributed by atoms with van der Waals surface area (Å²) in [6.07, 6.45) is 2.99. The number of esters is 1. The Morgan fingerprint density at radius 1 is 1.17 bits per heavy atom. The summed E-state index contributed by atoms with van der Waals surface area (Å²) < 4.78 is 10.2. The van der Waals surface area contributed by atoms with Crippen LogP contribution in [0.15, 0.2) is 48.5 Å². The molecule has 1 amide bonds. The molecule has 0 aliphatic rings. The predicted molar refractivity (Wildman–Crippen MR) is 113 cm³/mol. The number of carbonyl (C=O) groups excluding carboxylic acids is 2. The van der Waals surface area contributed by atoms with Crippen molar-refractivity contribution in [3.63, 3.8) is 0 Å². The second-order valence-electron chi connectivity index (χ2n) is 6.22. The Morgan fingerprint density at radius 2 is 1.93 bits per heavy atom. The number of hydrogen-bond acceptors (Lipinski definition) is 4. The van der Waals surface area contributed by atoms with E-state index < -0.39 is 5.97 Å². The number of hydrogen-bond donors (Lipinski definition) is 2. The monoisotopic (exact) mass is 412 g/mol. The maximum Gasteiger partial charge on any atom is 0.355 e. The van der Waals surface area contributed by atoms with Crippen LogP contribution in [-0.4, -0.2) is 30.6 Å². The Labute approximate surface area is 173 Å². The molecule has 3 aromatic rings. The van der Waals surface area contributed by atoms with Crippen LogP contribution in [0.2, 0.25) is 5.02 Å². The second-order valence-corrected chi connectivity index (χ2v) is 6.66. The van der Waals surface area contributed by atoms with Gasteiger partial charge in [0.05, 0.1) is 13.7 Å². The number of aromatic nitrogens is 1. The quantitative estimate of drug-likeness (QED) is 0.447. The van der Waals surface area contributed by atoms with Crippen molar-refractivity contribution in [2.45, 2.75) is 13.5 Å². The van der Waals surface area contributed by atoms with Gasteiger partial charge in [-0.1, -0.05) is 29.8 Å². The smallest absolute Gasteiger partial charge is 0.355 e. The number of halogens is 1. The van der Waals surface area contributed by atoms with Gasteiger partial charge in [0.25, 0.3) is 0 Å². The molecule has 1 aromatic heterocycles. The van der Waals surface area contributed by atoms with E-state index >= 15 is 0 Å². The Morgan fingerprint density at radius 3 is 2.62 bits per heavy atom. The Hall–Kier alpha value is -3.25. The van der Waals surface area contributed by atoms with Crippen molar-refractivity contribution < 1.29 is 19.1 Å². The van der Waals surface area contributed by atoms with Gasteiger partial charge in [0.15, 0.2) is 0 Å². The minimum Gasteiger partial charge on any atom is -0.497 e. The molecular weight excluding hydrogens is 392 g/mol. The van der Waals surface area contributed by atoms with E-state index in [2.05, 4.69) is 10.3 Å². The summed E-state index contributed by atoms with van der Waals surface area (Å²) in [6, 6.07) is 12.7. The van der Waals surface area contributed by atoms with Gasteiger partial charge >= 0.3 is 5.97 Å². The first kappa shape index (κ1) is 20.5. The van der Waals surface area contributed by atoms with Gasteiger partial charge in [-0.25, -0.2) is 4.79 Å². The molecule has 0 bridgehead atoms. The fourth-order valence-corrected chi connectivity index (χ4v) is 3.05. The Kier molecular flexibility index (Phi) is 6.57. The first-order valence-electron chi connectivity index (χ1n) is 9.09. The van der Waals surface area contributed by atoms with E-state index in [-0.39, 0.29) is 18.2 Å². The molecule has 2 N–H and O–H groups in total. The molecule has 0 spiro atoms. The van der Waals surface area contributed by atoms with Crippen molar-refractivity contribution >= 4 is 40.5 Å². The van der Waals surface area contributed by atoms with Crippen LogP contribution in [0, 0.1) is 0 Å². The van der Waals surface area contributed by atoms with Crippen molar-refractivity contribution in [1.29, 1.82) is 0 Å². The SMILES string of the molecule is CCOC(=O)c1[nH]c2cc(Cl)ccc2c1/C=C/C(=O)NCc1ccc(OC)cc1. The number of H-pyrrole nitrogens is 1. The molecule has 0 aliphatic carbocycles. The van der Waals surface area contributed by atoms with E-state index in [1.165, 1.54) is 6.08 Å². The predicted octanol–water partition coefficient (Wildman–Crippen LogP) is 4.34. The van der Waals surface area contributed by atoms with Crippen molar-refractivity contribution in [1.82, 2.24) is 10.3 Å². The summed E-state index contributed by atoms with van der Waals surface area (Å²) in [5, 5.41) is 4.13. The van der Waals surface area contributed by atoms with Gasteiger partial charge in [-0.2, -0.15) is 0 Å². The van der Waals surface area contributed by atoms with Crippen LogP contribution in [0.1, 0.15) is 28.5 Å². The number of ether oxygens (including phenoxy) is 2. The number of nitrogens with one attached hydrogen (secondary N) is 2. The molecule has 1 heterocycles. The van der Waals surface area contributed by atoms with Gasteiger partial charge in [-0.15, -0.1) is 0 Å². The highest BCUT2D eigenvalue weighted by Crippen LogP contribution is 2.27. The molecule has 0 unspecified atom stereocenters. The molecule has 0 atom stereocenters. The van der Waals surface area contributed by atoms with E-state index in [0.717, 1.165) is 16.7 Å². The Balaban J connectivity index is 1.78. The maximum atomic E-state index is 12.3. The first-order valence-corrected chi connectivity index (χ1v) is 9.46. The van der Waals surface area contributed by atoms with E-state index in [1.807, 2.05) is 24.3 Å². The largest absolute Gasteiger partial charge is 0.497 e. The van der Waals surface area contributed by atoms with E-state index in [4.69, 9.17) is 21.1 Å². The third-order valence-corrected chi connectivity index (χ3v) is 4.54. The second kappa shape index (κ2) is 9.30. The molecule has 0 saturated carbocycles. The normalized spacial score (nSPS) is 11.0. The molecule has 0 saturated heterocycles. The lowest BCUT2D eigenvalue weighted by molar-refractivity contribution is -0.116. The van der Waals surface area contributed by atoms with Crippen LogP contribution in [0.5, 0.6) is 5.75 Å². The molecule has 0 aliphatic heterocycles. The van der Waals surface area contributed by atoms with Gasteiger partial charge in [-0.3, -0.25) is 4.79 Å². The van der Waals surface area contributed by atoms with Gasteiger partial charge in [0.1, 0.15) is 11.4 Å². The highest BCUT2D eigenvalue weighted by Gasteiger charge is 2.17. The summed E-state index contributed by atoms with van der Waals surface area (Å²) in [5.41, 5.74) is 2.50. The minimum atomic E-state index is -0.488. The standard InChI is InChI=1S/C22H21ClN2O4/c1-3-29-22(27)21-18(17-9-6-15(23)12-19(17)25-21)10-11-20(26)24-13-14-4-7-16(28-2)8-5-14/h4-12,25H,3,13H2,1-2H3,(H,24,26)/b11-10+. The average molecular weight is 413 g/mol. The van der Waals surface area contributed by atoms with Crippen molar-refractivity contribution in [2.75, 3.05) is 13.7 Å². The fraction of sp³-hybridized carbons (Fsp3) is 0.182. The summed E-state index contributed by atoms with van der Waals surface area (Å²) in [4.78, 5) is 27.6. The lowest BCUT2D eigenvalue weighted by atomic mass is 10.1. The lowest BCUT2D eigenvalue weighted by Crippen LogP contribution is -2.20. The molecule has 29 heavy (non-hydrogen) atoms. The zero-order chi connectivity index (χ0) is 20.8. The van der Waals surface area contributed by atoms with Crippen LogP contribution >= 0.6 is 11.6 Å². The molecule has 0 fully saturated rings. The number of amides is 1. The maximum absolute atomic E-state index is 12.3. The number of methoxy groups -OCH3 is 1. The van der Waals surface area contributed by atoms with Crippen LogP contribution < -0.4 is 10.1 Å². The minimum absolute atomic E-state index is 0.250. The summed E-state index contributed by atoms with van der Waals surface area (Å²) >= 11 is 6.04. The van der Waals surface area contributed by atoms with Crippen molar-refractivity contribution in [2.24, 2.45) is 0 Å². The lowest BCUT2D eigenvalue weighted by Gasteiger charge is -2.04. The topological polar surface area (TPSA) is 80.4 Å². The van der Waals surface area contributed by atoms with Crippen LogP contribution in [0.25, 0.3) is 17.0 Å². The fourth-order valence-electron chi connectivity index (χ4n) is 2.88. The molecule has 2 aromatic carbocycles. The van der Waals surface area contributed by atoms with Crippen molar-refractivity contribution in [3.8, 4) is 5.75 Å². The molecular formula is C22H21ClN2O4. The number of rotatable bonds is 7. The van der Waals surface area contributed by atoms with E-state index in [0.29, 0.717) is 22.6 Å². The summed E-state index contributed by atoms with van der Waals surface area (Å²) in [7, 11) is 1.60. The van der Waals surface area contributed by atoms with Crippen LogP contribution in [0.4, 0.5) is 0 Å². The van der Waals surface area contributed by atoms with Crippen LogP contribution in [-0.2, 0) is 16.1 Å². The molecule has 0 radical (unpaired) electrons. The summed E-state index contributed by atoms with van der Waals surface area (Å²) in [6.45, 7) is 2.36. The van der Waals surface area contributed by atoms with E-state index in [1.54, 1.807) is 38.3 Å². The first-order chi connectivity index (χ1) is 14.0. The Bertz CT molecular complexity index is 1050. The molecule has 7 heteroatoms. The average Bonchev–Trinajstić information content (AvgIpc) is 3.09. The van der Waals surface area contributed by atoms with Gasteiger partial charge in [0, 0.05) is 34.1 Å². The van der Waals surface area contributed by atoms with Crippen molar-refractivity contribution in [3.05, 3.63) is 70.4 Å².